The molecule has 2 heteroatoms. The molecule has 2 aromatic heterocycles. The Morgan fingerprint density at radius 3 is 2.29 bits per heavy atom. The summed E-state index contributed by atoms with van der Waals surface area (Å²) in [5.74, 6) is 0. The maximum Gasteiger partial charge on any atom is 0.0664 e. The summed E-state index contributed by atoms with van der Waals surface area (Å²) in [4.78, 5) is 0. The summed E-state index contributed by atoms with van der Waals surface area (Å²) in [6.07, 6.45) is 1.95. The van der Waals surface area contributed by atoms with Crippen molar-refractivity contribution in [3.05, 3.63) is 36.2 Å². The Morgan fingerprint density at radius 2 is 1.71 bits per heavy atom. The van der Waals surface area contributed by atoms with Gasteiger partial charge in [0.15, 0.2) is 0 Å². The second-order valence-corrected chi connectivity index (χ2v) is 2.36. The molecule has 0 radical (unpaired) electrons. The van der Waals surface area contributed by atoms with Crippen molar-refractivity contribution in [3.8, 4) is 0 Å². The summed E-state index contributed by atoms with van der Waals surface area (Å²) in [6.45, 7) is 9.99. The largest absolute Gasteiger partial charge is 0.241 e. The van der Waals surface area contributed by atoms with Crippen LogP contribution in [0.15, 0.2) is 30.5 Å². The number of aryl methyl sites for hydroxylation is 1. The van der Waals surface area contributed by atoms with Gasteiger partial charge in [0.25, 0.3) is 0 Å². The fourth-order valence-corrected chi connectivity index (χ4v) is 1.07. The van der Waals surface area contributed by atoms with Gasteiger partial charge in [-0.2, -0.15) is 5.10 Å². The van der Waals surface area contributed by atoms with Gasteiger partial charge < -0.3 is 0 Å². The molecule has 0 saturated heterocycles. The molecule has 0 fully saturated rings. The SMILES string of the molecule is CC.CC.Cc1cc2ccccn2n1. The van der Waals surface area contributed by atoms with E-state index in [2.05, 4.69) is 11.2 Å². The van der Waals surface area contributed by atoms with Crippen LogP contribution in [0.1, 0.15) is 33.4 Å². The predicted molar refractivity (Wildman–Crippen MR) is 62.6 cm³/mol. The molecule has 0 bridgehead atoms. The van der Waals surface area contributed by atoms with Gasteiger partial charge in [0, 0.05) is 6.20 Å². The number of hydrogen-bond donors (Lipinski definition) is 0. The van der Waals surface area contributed by atoms with E-state index in [1.807, 2.05) is 63.5 Å². The summed E-state index contributed by atoms with van der Waals surface area (Å²) >= 11 is 0. The van der Waals surface area contributed by atoms with E-state index in [1.54, 1.807) is 0 Å². The number of hydrogen-bond acceptors (Lipinski definition) is 1. The molecule has 0 spiro atoms. The first-order valence-electron chi connectivity index (χ1n) is 5.27. The minimum atomic E-state index is 1.06. The molecule has 78 valence electrons. The third-order valence-electron chi connectivity index (χ3n) is 1.49. The normalized spacial score (nSPS) is 8.36. The second kappa shape index (κ2) is 7.13. The van der Waals surface area contributed by atoms with Gasteiger partial charge in [0.2, 0.25) is 0 Å². The minimum absolute atomic E-state index is 1.06. The molecule has 0 aliphatic heterocycles. The maximum atomic E-state index is 4.23. The molecule has 2 aromatic rings. The van der Waals surface area contributed by atoms with Crippen LogP contribution in [0.2, 0.25) is 0 Å². The Morgan fingerprint density at radius 1 is 1.07 bits per heavy atom. The number of pyridine rings is 1. The smallest absolute Gasteiger partial charge is 0.0664 e. The Bertz CT molecular complexity index is 317. The average Bonchev–Trinajstić information content (AvgIpc) is 2.64. The van der Waals surface area contributed by atoms with Gasteiger partial charge in [-0.3, -0.25) is 0 Å². The third kappa shape index (κ3) is 3.21. The van der Waals surface area contributed by atoms with Gasteiger partial charge in [-0.25, -0.2) is 4.52 Å². The first-order chi connectivity index (χ1) is 6.86. The topological polar surface area (TPSA) is 17.3 Å². The van der Waals surface area contributed by atoms with E-state index in [9.17, 15) is 0 Å². The van der Waals surface area contributed by atoms with E-state index in [1.165, 1.54) is 0 Å². The van der Waals surface area contributed by atoms with Crippen molar-refractivity contribution >= 4 is 5.52 Å². The van der Waals surface area contributed by atoms with E-state index in [-0.39, 0.29) is 0 Å². The number of rotatable bonds is 0. The molecule has 14 heavy (non-hydrogen) atoms. The van der Waals surface area contributed by atoms with Crippen LogP contribution in [-0.2, 0) is 0 Å². The first kappa shape index (κ1) is 12.7. The van der Waals surface area contributed by atoms with Gasteiger partial charge in [-0.05, 0) is 25.1 Å². The first-order valence-corrected chi connectivity index (χ1v) is 5.27. The van der Waals surface area contributed by atoms with Gasteiger partial charge in [0.05, 0.1) is 11.2 Å². The van der Waals surface area contributed by atoms with Crippen molar-refractivity contribution in [2.24, 2.45) is 0 Å². The molecule has 0 atom stereocenters. The van der Waals surface area contributed by atoms with Crippen molar-refractivity contribution in [2.45, 2.75) is 34.6 Å². The Kier molecular flexibility index (Phi) is 6.46. The highest BCUT2D eigenvalue weighted by atomic mass is 15.2. The molecule has 0 amide bonds. The Labute approximate surface area is 86.6 Å². The molecule has 2 nitrogen and oxygen atoms in total. The quantitative estimate of drug-likeness (QED) is 0.622. The fraction of sp³-hybridized carbons (Fsp3) is 0.417. The van der Waals surface area contributed by atoms with Crippen molar-refractivity contribution in [2.75, 3.05) is 0 Å². The van der Waals surface area contributed by atoms with Crippen LogP contribution in [0.4, 0.5) is 0 Å². The molecular weight excluding hydrogens is 172 g/mol. The van der Waals surface area contributed by atoms with Crippen LogP contribution in [0.5, 0.6) is 0 Å². The third-order valence-corrected chi connectivity index (χ3v) is 1.49. The lowest BCUT2D eigenvalue weighted by Gasteiger charge is -1.86. The minimum Gasteiger partial charge on any atom is -0.241 e. The van der Waals surface area contributed by atoms with Crippen LogP contribution in [0.3, 0.4) is 0 Å². The zero-order valence-corrected chi connectivity index (χ0v) is 9.78. The second-order valence-electron chi connectivity index (χ2n) is 2.36. The lowest BCUT2D eigenvalue weighted by molar-refractivity contribution is 0.934. The van der Waals surface area contributed by atoms with Crippen molar-refractivity contribution in [3.63, 3.8) is 0 Å². The van der Waals surface area contributed by atoms with E-state index in [0.29, 0.717) is 0 Å². The number of fused-ring (bicyclic) bond motifs is 1. The molecule has 0 aliphatic rings. The number of nitrogens with zero attached hydrogens (tertiary/aromatic N) is 2. The molecular formula is C12H20N2. The molecule has 0 unspecified atom stereocenters. The van der Waals surface area contributed by atoms with Crippen LogP contribution in [-0.4, -0.2) is 9.61 Å². The van der Waals surface area contributed by atoms with Crippen LogP contribution in [0, 0.1) is 6.92 Å². The lowest BCUT2D eigenvalue weighted by atomic mass is 10.4. The van der Waals surface area contributed by atoms with Gasteiger partial charge in [-0.15, -0.1) is 0 Å². The highest BCUT2D eigenvalue weighted by Crippen LogP contribution is 2.03. The number of aromatic nitrogens is 2. The highest BCUT2D eigenvalue weighted by Gasteiger charge is 1.92. The highest BCUT2D eigenvalue weighted by molar-refractivity contribution is 5.46. The van der Waals surface area contributed by atoms with E-state index >= 15 is 0 Å². The van der Waals surface area contributed by atoms with Crippen LogP contribution >= 0.6 is 0 Å². The Hall–Kier alpha value is -1.31. The zero-order chi connectivity index (χ0) is 11.0. The molecule has 0 N–H and O–H groups in total. The standard InChI is InChI=1S/C8H8N2.2C2H6/c1-7-6-8-4-2-3-5-10(8)9-7;2*1-2/h2-6H,1H3;2*1-2H3. The monoisotopic (exact) mass is 192 g/mol. The van der Waals surface area contributed by atoms with Gasteiger partial charge in [-0.1, -0.05) is 33.8 Å². The average molecular weight is 192 g/mol. The van der Waals surface area contributed by atoms with E-state index in [4.69, 9.17) is 0 Å². The van der Waals surface area contributed by atoms with Gasteiger partial charge in [0.1, 0.15) is 0 Å². The van der Waals surface area contributed by atoms with Crippen LogP contribution in [0.25, 0.3) is 5.52 Å². The predicted octanol–water partition coefficient (Wildman–Crippen LogP) is 3.70. The lowest BCUT2D eigenvalue weighted by Crippen LogP contribution is -1.83. The van der Waals surface area contributed by atoms with Gasteiger partial charge >= 0.3 is 0 Å². The molecule has 2 heterocycles. The van der Waals surface area contributed by atoms with Crippen LogP contribution < -0.4 is 0 Å². The summed E-state index contributed by atoms with van der Waals surface area (Å²) in [5, 5.41) is 4.23. The van der Waals surface area contributed by atoms with E-state index < -0.39 is 0 Å². The summed E-state index contributed by atoms with van der Waals surface area (Å²) in [7, 11) is 0. The molecule has 2 rings (SSSR count). The molecule has 0 aliphatic carbocycles. The summed E-state index contributed by atoms with van der Waals surface area (Å²) in [6, 6.07) is 8.08. The van der Waals surface area contributed by atoms with Crippen molar-refractivity contribution < 1.29 is 0 Å². The summed E-state index contributed by atoms with van der Waals surface area (Å²) < 4.78 is 1.87. The molecule has 0 aromatic carbocycles. The van der Waals surface area contributed by atoms with E-state index in [0.717, 1.165) is 11.2 Å². The maximum absolute atomic E-state index is 4.23. The fourth-order valence-electron chi connectivity index (χ4n) is 1.07. The van der Waals surface area contributed by atoms with Crippen molar-refractivity contribution in [1.82, 2.24) is 9.61 Å². The zero-order valence-electron chi connectivity index (χ0n) is 9.78. The summed E-state index contributed by atoms with van der Waals surface area (Å²) in [5.41, 5.74) is 2.21. The Balaban J connectivity index is 0.000000379. The molecule has 0 saturated carbocycles. The van der Waals surface area contributed by atoms with Crippen molar-refractivity contribution in [1.29, 1.82) is 0 Å².